The van der Waals surface area contributed by atoms with Crippen LogP contribution in [0.5, 0.6) is 0 Å². The normalized spacial score (nSPS) is 13.2. The van der Waals surface area contributed by atoms with Gasteiger partial charge in [0.05, 0.1) is 0 Å². The van der Waals surface area contributed by atoms with Gasteiger partial charge in [0.1, 0.15) is 5.82 Å². The molecular weight excluding hydrogens is 249 g/mol. The van der Waals surface area contributed by atoms with E-state index in [0.717, 1.165) is 12.8 Å². The molecule has 0 amide bonds. The molecule has 0 aliphatic carbocycles. The Morgan fingerprint density at radius 3 is 2.40 bits per heavy atom. The van der Waals surface area contributed by atoms with Gasteiger partial charge >= 0.3 is 0 Å². The highest BCUT2D eigenvalue weighted by Gasteiger charge is 2.29. The summed E-state index contributed by atoms with van der Waals surface area (Å²) in [5.41, 5.74) is 1.19. The van der Waals surface area contributed by atoms with E-state index in [-0.39, 0.29) is 11.2 Å². The van der Waals surface area contributed by atoms with Crippen LogP contribution in [0.1, 0.15) is 51.5 Å². The molecule has 1 unspecified atom stereocenters. The maximum Gasteiger partial charge on any atom is 0.123 e. The van der Waals surface area contributed by atoms with Crippen LogP contribution in [0.3, 0.4) is 0 Å². The molecular formula is C18H28FN. The van der Waals surface area contributed by atoms with Gasteiger partial charge in [-0.3, -0.25) is 0 Å². The lowest BCUT2D eigenvalue weighted by Gasteiger charge is -2.35. The molecule has 1 N–H and O–H groups in total. The maximum absolute atomic E-state index is 13.1. The largest absolute Gasteiger partial charge is 0.316 e. The van der Waals surface area contributed by atoms with Crippen molar-refractivity contribution >= 4 is 0 Å². The molecule has 0 bridgehead atoms. The number of hydrogen-bond donors (Lipinski definition) is 1. The van der Waals surface area contributed by atoms with Crippen molar-refractivity contribution in [2.45, 2.75) is 57.4 Å². The third-order valence-electron chi connectivity index (χ3n) is 4.21. The van der Waals surface area contributed by atoms with Gasteiger partial charge in [-0.25, -0.2) is 4.39 Å². The second-order valence-corrected chi connectivity index (χ2v) is 6.00. The quantitative estimate of drug-likeness (QED) is 0.503. The predicted molar refractivity (Wildman–Crippen MR) is 85.6 cm³/mol. The number of halogens is 1. The summed E-state index contributed by atoms with van der Waals surface area (Å²) in [6.45, 7) is 8.21. The van der Waals surface area contributed by atoms with Crippen molar-refractivity contribution in [2.24, 2.45) is 0 Å². The standard InChI is InChI=1S/C18H28FN/c1-5-6-7-8-9-10-17(20-4)18(2,3)15-11-13-16(19)14-12-15/h5,11-14,17,20H,1,6-10H2,2-4H3. The number of unbranched alkanes of at least 4 members (excludes halogenated alkanes) is 3. The zero-order valence-corrected chi connectivity index (χ0v) is 13.1. The summed E-state index contributed by atoms with van der Waals surface area (Å²) >= 11 is 0. The van der Waals surface area contributed by atoms with Gasteiger partial charge in [0.25, 0.3) is 0 Å². The minimum atomic E-state index is -0.171. The van der Waals surface area contributed by atoms with Gasteiger partial charge in [0.15, 0.2) is 0 Å². The van der Waals surface area contributed by atoms with E-state index in [1.807, 2.05) is 25.3 Å². The lowest BCUT2D eigenvalue weighted by molar-refractivity contribution is 0.330. The van der Waals surface area contributed by atoms with Crippen molar-refractivity contribution in [1.29, 1.82) is 0 Å². The molecule has 2 heteroatoms. The first-order valence-electron chi connectivity index (χ1n) is 7.56. The fraction of sp³-hybridized carbons (Fsp3) is 0.556. The highest BCUT2D eigenvalue weighted by molar-refractivity contribution is 5.26. The summed E-state index contributed by atoms with van der Waals surface area (Å²) in [4.78, 5) is 0. The topological polar surface area (TPSA) is 12.0 Å². The molecule has 0 saturated carbocycles. The van der Waals surface area contributed by atoms with Gasteiger partial charge < -0.3 is 5.32 Å². The zero-order valence-electron chi connectivity index (χ0n) is 13.1. The Kier molecular flexibility index (Phi) is 6.94. The Labute approximate surface area is 123 Å². The SMILES string of the molecule is C=CCCCCCC(NC)C(C)(C)c1ccc(F)cc1. The third-order valence-corrected chi connectivity index (χ3v) is 4.21. The van der Waals surface area contributed by atoms with Crippen LogP contribution in [0.2, 0.25) is 0 Å². The van der Waals surface area contributed by atoms with E-state index in [1.54, 1.807) is 12.1 Å². The summed E-state index contributed by atoms with van der Waals surface area (Å²) in [5, 5.41) is 3.43. The van der Waals surface area contributed by atoms with Crippen LogP contribution in [0.25, 0.3) is 0 Å². The van der Waals surface area contributed by atoms with Gasteiger partial charge in [-0.05, 0) is 44.0 Å². The summed E-state index contributed by atoms with van der Waals surface area (Å²) < 4.78 is 13.1. The highest BCUT2D eigenvalue weighted by Crippen LogP contribution is 2.30. The minimum absolute atomic E-state index is 0.000880. The van der Waals surface area contributed by atoms with Gasteiger partial charge in [-0.15, -0.1) is 6.58 Å². The van der Waals surface area contributed by atoms with E-state index in [0.29, 0.717) is 6.04 Å². The second-order valence-electron chi connectivity index (χ2n) is 6.00. The Hall–Kier alpha value is -1.15. The molecule has 0 aliphatic rings. The van der Waals surface area contributed by atoms with Gasteiger partial charge in [-0.1, -0.05) is 44.9 Å². The molecule has 1 aromatic carbocycles. The molecule has 20 heavy (non-hydrogen) atoms. The summed E-state index contributed by atoms with van der Waals surface area (Å²) in [6, 6.07) is 7.30. The molecule has 1 atom stereocenters. The number of likely N-dealkylation sites (N-methyl/N-ethyl adjacent to an activating group) is 1. The molecule has 0 radical (unpaired) electrons. The van der Waals surface area contributed by atoms with Crippen molar-refractivity contribution in [3.05, 3.63) is 48.3 Å². The minimum Gasteiger partial charge on any atom is -0.316 e. The van der Waals surface area contributed by atoms with Crippen LogP contribution in [-0.2, 0) is 5.41 Å². The van der Waals surface area contributed by atoms with Crippen LogP contribution >= 0.6 is 0 Å². The average Bonchev–Trinajstić information content (AvgIpc) is 2.43. The van der Waals surface area contributed by atoms with Crippen LogP contribution in [0.4, 0.5) is 4.39 Å². The zero-order chi connectivity index (χ0) is 15.0. The number of benzene rings is 1. The van der Waals surface area contributed by atoms with Gasteiger partial charge in [0, 0.05) is 11.5 Å². The fourth-order valence-corrected chi connectivity index (χ4v) is 2.76. The number of nitrogens with one attached hydrogen (secondary N) is 1. The Balaban J connectivity index is 2.61. The Morgan fingerprint density at radius 2 is 1.85 bits per heavy atom. The van der Waals surface area contributed by atoms with E-state index >= 15 is 0 Å². The summed E-state index contributed by atoms with van der Waals surface area (Å²) in [5.74, 6) is -0.171. The molecule has 1 rings (SSSR count). The Morgan fingerprint density at radius 1 is 1.20 bits per heavy atom. The molecule has 1 aromatic rings. The van der Waals surface area contributed by atoms with E-state index in [2.05, 4.69) is 25.7 Å². The first kappa shape index (κ1) is 16.9. The van der Waals surface area contributed by atoms with E-state index in [4.69, 9.17) is 0 Å². The van der Waals surface area contributed by atoms with Crippen molar-refractivity contribution in [1.82, 2.24) is 5.32 Å². The van der Waals surface area contributed by atoms with Crippen molar-refractivity contribution < 1.29 is 4.39 Å². The second kappa shape index (κ2) is 8.21. The molecule has 0 spiro atoms. The molecule has 0 heterocycles. The molecule has 112 valence electrons. The molecule has 0 saturated heterocycles. The number of hydrogen-bond acceptors (Lipinski definition) is 1. The van der Waals surface area contributed by atoms with Crippen LogP contribution in [0.15, 0.2) is 36.9 Å². The number of allylic oxidation sites excluding steroid dienone is 1. The van der Waals surface area contributed by atoms with E-state index in [9.17, 15) is 4.39 Å². The highest BCUT2D eigenvalue weighted by atomic mass is 19.1. The van der Waals surface area contributed by atoms with Crippen LogP contribution in [0, 0.1) is 5.82 Å². The van der Waals surface area contributed by atoms with Crippen molar-refractivity contribution in [3.8, 4) is 0 Å². The first-order chi connectivity index (χ1) is 9.52. The first-order valence-corrected chi connectivity index (χ1v) is 7.56. The summed E-state index contributed by atoms with van der Waals surface area (Å²) in [6.07, 6.45) is 7.90. The maximum atomic E-state index is 13.1. The monoisotopic (exact) mass is 277 g/mol. The molecule has 0 aliphatic heterocycles. The van der Waals surface area contributed by atoms with E-state index in [1.165, 1.54) is 24.8 Å². The molecule has 0 aromatic heterocycles. The van der Waals surface area contributed by atoms with Gasteiger partial charge in [-0.2, -0.15) is 0 Å². The smallest absolute Gasteiger partial charge is 0.123 e. The molecule has 1 nitrogen and oxygen atoms in total. The lowest BCUT2D eigenvalue weighted by Crippen LogP contribution is -2.43. The fourth-order valence-electron chi connectivity index (χ4n) is 2.76. The van der Waals surface area contributed by atoms with Gasteiger partial charge in [0.2, 0.25) is 0 Å². The number of rotatable bonds is 9. The third kappa shape index (κ3) is 4.75. The Bertz CT molecular complexity index is 394. The average molecular weight is 277 g/mol. The van der Waals surface area contributed by atoms with Crippen molar-refractivity contribution in [2.75, 3.05) is 7.05 Å². The van der Waals surface area contributed by atoms with Crippen molar-refractivity contribution in [3.63, 3.8) is 0 Å². The van der Waals surface area contributed by atoms with E-state index < -0.39 is 0 Å². The summed E-state index contributed by atoms with van der Waals surface area (Å²) in [7, 11) is 2.01. The van der Waals surface area contributed by atoms with Crippen LogP contribution < -0.4 is 5.32 Å². The molecule has 0 fully saturated rings. The predicted octanol–water partition coefficient (Wildman–Crippen LogP) is 4.83. The van der Waals surface area contributed by atoms with Crippen LogP contribution in [-0.4, -0.2) is 13.1 Å². The lowest BCUT2D eigenvalue weighted by atomic mass is 9.76.